The molecule has 2 unspecified atom stereocenters. The molecule has 0 fully saturated rings. The second-order valence-corrected chi connectivity index (χ2v) is 7.54. The molecule has 0 amide bonds. The number of halogens is 1. The van der Waals surface area contributed by atoms with Crippen LogP contribution >= 0.6 is 11.6 Å². The fourth-order valence-corrected chi connectivity index (χ4v) is 3.15. The van der Waals surface area contributed by atoms with E-state index < -0.39 is 23.9 Å². The summed E-state index contributed by atoms with van der Waals surface area (Å²) < 4.78 is 0. The number of carbonyl (C=O) groups is 2. The Bertz CT molecular complexity index is 1100. The maximum absolute atomic E-state index is 11.0. The van der Waals surface area contributed by atoms with E-state index in [1.807, 2.05) is 36.4 Å². The van der Waals surface area contributed by atoms with Gasteiger partial charge in [0, 0.05) is 33.4 Å². The van der Waals surface area contributed by atoms with Crippen molar-refractivity contribution >= 4 is 51.3 Å². The number of hydrogen-bond donors (Lipinski definition) is 7. The van der Waals surface area contributed by atoms with Crippen molar-refractivity contribution in [2.24, 2.45) is 11.5 Å². The van der Waals surface area contributed by atoms with Crippen molar-refractivity contribution in [3.05, 3.63) is 47.0 Å². The first-order valence-corrected chi connectivity index (χ1v) is 9.98. The zero-order chi connectivity index (χ0) is 23.1. The number of hydrogen-bond acceptors (Lipinski definition) is 4. The lowest BCUT2D eigenvalue weighted by molar-refractivity contribution is -0.139. The predicted molar refractivity (Wildman–Crippen MR) is 122 cm³/mol. The summed E-state index contributed by atoms with van der Waals surface area (Å²) in [5.41, 5.74) is 12.9. The molecule has 9 nitrogen and oxygen atoms in total. The molecule has 0 radical (unpaired) electrons. The van der Waals surface area contributed by atoms with Crippen LogP contribution in [0.4, 0.5) is 0 Å². The average molecular weight is 448 g/mol. The van der Waals surface area contributed by atoms with Crippen LogP contribution in [0.3, 0.4) is 0 Å². The second-order valence-electron chi connectivity index (χ2n) is 7.11. The molecule has 0 aliphatic carbocycles. The Balaban J connectivity index is 0.000000248. The third-order valence-electron chi connectivity index (χ3n) is 4.78. The molecule has 2 atom stereocenters. The molecular weight excluding hydrogens is 422 g/mol. The third-order valence-corrected chi connectivity index (χ3v) is 5.01. The van der Waals surface area contributed by atoms with E-state index in [2.05, 4.69) is 10.3 Å². The van der Waals surface area contributed by atoms with Crippen molar-refractivity contribution in [3.8, 4) is 0 Å². The highest BCUT2D eigenvalue weighted by atomic mass is 35.5. The zero-order valence-electron chi connectivity index (χ0n) is 17.0. The van der Waals surface area contributed by atoms with Gasteiger partial charge in [0.05, 0.1) is 5.92 Å². The number of benzene rings is 2. The largest absolute Gasteiger partial charge is 0.481 e. The monoisotopic (exact) mass is 447 g/mol. The van der Waals surface area contributed by atoms with Crippen LogP contribution in [0.2, 0.25) is 5.02 Å². The molecule has 9 N–H and O–H groups in total. The minimum atomic E-state index is -1.00. The van der Waals surface area contributed by atoms with Gasteiger partial charge in [-0.3, -0.25) is 15.0 Å². The molecule has 0 saturated carbocycles. The summed E-state index contributed by atoms with van der Waals surface area (Å²) in [4.78, 5) is 24.5. The molecule has 0 bridgehead atoms. The minimum Gasteiger partial charge on any atom is -0.481 e. The van der Waals surface area contributed by atoms with Gasteiger partial charge < -0.3 is 32.0 Å². The first-order chi connectivity index (χ1) is 14.6. The van der Waals surface area contributed by atoms with Crippen molar-refractivity contribution in [2.45, 2.75) is 31.7 Å². The van der Waals surface area contributed by atoms with E-state index in [4.69, 9.17) is 38.7 Å². The maximum atomic E-state index is 11.0. The molecule has 0 aliphatic rings. The fraction of sp³-hybridized carbons (Fsp3) is 0.286. The van der Waals surface area contributed by atoms with E-state index in [0.29, 0.717) is 24.4 Å². The molecule has 0 saturated heterocycles. The van der Waals surface area contributed by atoms with Gasteiger partial charge in [0.15, 0.2) is 5.96 Å². The summed E-state index contributed by atoms with van der Waals surface area (Å²) in [6.07, 6.45) is 0.975. The van der Waals surface area contributed by atoms with Gasteiger partial charge in [-0.1, -0.05) is 23.7 Å². The van der Waals surface area contributed by atoms with Crippen molar-refractivity contribution in [1.29, 1.82) is 5.41 Å². The van der Waals surface area contributed by atoms with Crippen LogP contribution in [0, 0.1) is 5.41 Å². The Morgan fingerprint density at radius 3 is 2.45 bits per heavy atom. The van der Waals surface area contributed by atoms with Crippen LogP contribution in [0.25, 0.3) is 21.8 Å². The summed E-state index contributed by atoms with van der Waals surface area (Å²) in [5.74, 6) is -2.45. The molecule has 3 aromatic rings. The van der Waals surface area contributed by atoms with Crippen molar-refractivity contribution < 1.29 is 19.8 Å². The van der Waals surface area contributed by atoms with E-state index in [0.717, 1.165) is 27.4 Å². The number of guanidine groups is 1. The lowest BCUT2D eigenvalue weighted by Gasteiger charge is -2.06. The summed E-state index contributed by atoms with van der Waals surface area (Å²) in [5, 5.41) is 29.6. The SMILES string of the molecule is CC(C(=O)O)c1ccc2c(c1)[nH]c1ccc(Cl)cc12.N=C(N)NCCCC(N)C(=O)O. The number of H-pyrrole nitrogens is 1. The van der Waals surface area contributed by atoms with Crippen LogP contribution in [-0.4, -0.2) is 45.7 Å². The number of carboxylic acids is 2. The van der Waals surface area contributed by atoms with Crippen LogP contribution in [0.1, 0.15) is 31.2 Å². The summed E-state index contributed by atoms with van der Waals surface area (Å²) in [6, 6.07) is 10.5. The van der Waals surface area contributed by atoms with Crippen LogP contribution in [0.5, 0.6) is 0 Å². The van der Waals surface area contributed by atoms with Gasteiger partial charge in [-0.05, 0) is 49.6 Å². The number of aromatic amines is 1. The third kappa shape index (κ3) is 6.59. The highest BCUT2D eigenvalue weighted by Gasteiger charge is 2.15. The van der Waals surface area contributed by atoms with E-state index >= 15 is 0 Å². The standard InChI is InChI=1S/C15H12ClNO2.C6H14N4O2/c1-8(15(18)19)9-2-4-11-12-7-10(16)3-5-13(12)17-14(11)6-9;7-4(5(11)12)2-1-3-10-6(8)9/h2-8,17H,1H3,(H,18,19);4H,1-3,7H2,(H,11,12)(H4,8,9,10). The van der Waals surface area contributed by atoms with Crippen molar-refractivity contribution in [1.82, 2.24) is 10.3 Å². The van der Waals surface area contributed by atoms with Gasteiger partial charge in [-0.2, -0.15) is 0 Å². The molecule has 0 spiro atoms. The second kappa shape index (κ2) is 10.6. The van der Waals surface area contributed by atoms with Crippen molar-refractivity contribution in [2.75, 3.05) is 6.54 Å². The lowest BCUT2D eigenvalue weighted by Crippen LogP contribution is -2.34. The Labute approximate surface area is 183 Å². The molecule has 10 heteroatoms. The molecule has 2 aromatic carbocycles. The summed E-state index contributed by atoms with van der Waals surface area (Å²) in [6.45, 7) is 2.17. The summed E-state index contributed by atoms with van der Waals surface area (Å²) in [7, 11) is 0. The van der Waals surface area contributed by atoms with Crippen molar-refractivity contribution in [3.63, 3.8) is 0 Å². The number of fused-ring (bicyclic) bond motifs is 3. The molecule has 3 rings (SSSR count). The molecule has 31 heavy (non-hydrogen) atoms. The zero-order valence-corrected chi connectivity index (χ0v) is 17.7. The number of nitrogens with one attached hydrogen (secondary N) is 3. The van der Waals surface area contributed by atoms with Gasteiger partial charge in [0.2, 0.25) is 0 Å². The number of rotatable bonds is 7. The van der Waals surface area contributed by atoms with Crippen LogP contribution in [-0.2, 0) is 9.59 Å². The highest BCUT2D eigenvalue weighted by molar-refractivity contribution is 6.31. The Morgan fingerprint density at radius 1 is 1.13 bits per heavy atom. The quantitative estimate of drug-likeness (QED) is 0.165. The maximum Gasteiger partial charge on any atom is 0.320 e. The van der Waals surface area contributed by atoms with Gasteiger partial charge in [0.1, 0.15) is 6.04 Å². The topological polar surface area (TPSA) is 178 Å². The molecule has 0 aliphatic heterocycles. The number of aliphatic carboxylic acids is 2. The van der Waals surface area contributed by atoms with Gasteiger partial charge in [-0.15, -0.1) is 0 Å². The first-order valence-electron chi connectivity index (χ1n) is 9.60. The van der Waals surface area contributed by atoms with Crippen LogP contribution < -0.4 is 16.8 Å². The average Bonchev–Trinajstić information content (AvgIpc) is 3.07. The number of aromatic nitrogens is 1. The van der Waals surface area contributed by atoms with Gasteiger partial charge in [-0.25, -0.2) is 0 Å². The highest BCUT2D eigenvalue weighted by Crippen LogP contribution is 2.30. The number of carboxylic acid groups (broad SMARTS) is 2. The smallest absolute Gasteiger partial charge is 0.320 e. The minimum absolute atomic E-state index is 0.112. The fourth-order valence-electron chi connectivity index (χ4n) is 2.97. The van der Waals surface area contributed by atoms with E-state index in [1.54, 1.807) is 6.92 Å². The van der Waals surface area contributed by atoms with E-state index in [1.165, 1.54) is 0 Å². The van der Waals surface area contributed by atoms with Crippen LogP contribution in [0.15, 0.2) is 36.4 Å². The normalized spacial score (nSPS) is 12.6. The first kappa shape index (κ1) is 24.0. The Kier molecular flexibility index (Phi) is 8.23. The Hall–Kier alpha value is -3.30. The molecule has 1 heterocycles. The predicted octanol–water partition coefficient (Wildman–Crippen LogP) is 2.82. The Morgan fingerprint density at radius 2 is 1.84 bits per heavy atom. The number of nitrogens with two attached hydrogens (primary N) is 2. The van der Waals surface area contributed by atoms with Gasteiger partial charge in [0.25, 0.3) is 0 Å². The van der Waals surface area contributed by atoms with E-state index in [-0.39, 0.29) is 5.96 Å². The summed E-state index contributed by atoms with van der Waals surface area (Å²) >= 11 is 6.01. The molecular formula is C21H26ClN5O4. The molecule has 1 aromatic heterocycles. The van der Waals surface area contributed by atoms with E-state index in [9.17, 15) is 9.59 Å². The molecule has 166 valence electrons. The lowest BCUT2D eigenvalue weighted by atomic mass is 10.00. The van der Waals surface area contributed by atoms with Gasteiger partial charge >= 0.3 is 11.9 Å².